The fourth-order valence-electron chi connectivity index (χ4n) is 4.17. The van der Waals surface area contributed by atoms with Gasteiger partial charge in [0, 0.05) is 18.6 Å². The van der Waals surface area contributed by atoms with Crippen molar-refractivity contribution in [2.45, 2.75) is 50.7 Å². The highest BCUT2D eigenvalue weighted by atomic mass is 28.3. The van der Waals surface area contributed by atoms with Gasteiger partial charge in [-0.15, -0.1) is 0 Å². The topological polar surface area (TPSA) is 131 Å². The van der Waals surface area contributed by atoms with Crippen molar-refractivity contribution in [3.8, 4) is 0 Å². The van der Waals surface area contributed by atoms with Gasteiger partial charge in [-0.3, -0.25) is 19.3 Å². The van der Waals surface area contributed by atoms with E-state index in [1.807, 2.05) is 30.3 Å². The lowest BCUT2D eigenvalue weighted by Gasteiger charge is -2.26. The van der Waals surface area contributed by atoms with E-state index in [1.54, 1.807) is 0 Å². The van der Waals surface area contributed by atoms with Crippen LogP contribution in [0.3, 0.4) is 0 Å². The van der Waals surface area contributed by atoms with Gasteiger partial charge in [0.1, 0.15) is 18.7 Å². The summed E-state index contributed by atoms with van der Waals surface area (Å²) in [5.41, 5.74) is 6.34. The van der Waals surface area contributed by atoms with Crippen molar-refractivity contribution < 1.29 is 23.9 Å². The third-order valence-corrected chi connectivity index (χ3v) is 8.49. The summed E-state index contributed by atoms with van der Waals surface area (Å²) in [5, 5.41) is 5.40. The summed E-state index contributed by atoms with van der Waals surface area (Å²) in [4.78, 5) is 51.0. The fraction of sp³-hybridized carbons (Fsp3) is 0.524. The first-order chi connectivity index (χ1) is 14.7. The van der Waals surface area contributed by atoms with Crippen molar-refractivity contribution >= 4 is 31.9 Å². The van der Waals surface area contributed by atoms with Crippen LogP contribution in [0.2, 0.25) is 19.1 Å². The first-order valence-electron chi connectivity index (χ1n) is 10.5. The number of carbonyl (C=O) groups is 4. The molecule has 1 aromatic rings. The average molecular weight is 447 g/mol. The van der Waals surface area contributed by atoms with Crippen molar-refractivity contribution in [1.29, 1.82) is 0 Å². The fourth-order valence-corrected chi connectivity index (χ4v) is 7.02. The second-order valence-corrected chi connectivity index (χ2v) is 14.1. The Balaban J connectivity index is 1.65. The first kappa shape index (κ1) is 22.8. The molecule has 0 saturated carbocycles. The van der Waals surface area contributed by atoms with E-state index in [0.29, 0.717) is 25.2 Å². The number of rotatable bonds is 7. The van der Waals surface area contributed by atoms with E-state index in [2.05, 4.69) is 23.7 Å². The molecule has 0 unspecified atom stereocenters. The minimum atomic E-state index is -1.84. The van der Waals surface area contributed by atoms with Crippen LogP contribution in [0, 0.1) is 5.92 Å². The molecule has 0 radical (unpaired) electrons. The molecule has 168 valence electrons. The van der Waals surface area contributed by atoms with Gasteiger partial charge in [0.15, 0.2) is 0 Å². The molecule has 2 aliphatic rings. The maximum Gasteiger partial charge on any atom is 0.410 e. The average Bonchev–Trinajstić information content (AvgIpc) is 3.28. The lowest BCUT2D eigenvalue weighted by Crippen LogP contribution is -2.52. The van der Waals surface area contributed by atoms with Crippen molar-refractivity contribution in [3.05, 3.63) is 35.9 Å². The highest BCUT2D eigenvalue weighted by Crippen LogP contribution is 2.28. The van der Waals surface area contributed by atoms with Gasteiger partial charge >= 0.3 is 6.09 Å². The van der Waals surface area contributed by atoms with Crippen LogP contribution in [0.15, 0.2) is 30.3 Å². The molecule has 10 heteroatoms. The molecule has 3 rings (SSSR count). The molecule has 31 heavy (non-hydrogen) atoms. The van der Waals surface area contributed by atoms with Crippen LogP contribution in [-0.2, 0) is 25.7 Å². The van der Waals surface area contributed by atoms with Crippen molar-refractivity contribution in [1.82, 2.24) is 15.5 Å². The minimum Gasteiger partial charge on any atom is -0.445 e. The zero-order valence-electron chi connectivity index (χ0n) is 17.9. The zero-order chi connectivity index (χ0) is 22.6. The molecule has 0 aromatic heterocycles. The molecule has 1 aromatic carbocycles. The number of carbonyl (C=O) groups excluding carboxylic acids is 4. The molecule has 0 aliphatic carbocycles. The maximum atomic E-state index is 13.0. The number of ether oxygens (including phenoxy) is 1. The predicted octanol–water partition coefficient (Wildman–Crippen LogP) is 0.751. The number of nitrogens with two attached hydrogens (primary N) is 1. The molecule has 9 nitrogen and oxygen atoms in total. The Morgan fingerprint density at radius 2 is 2.00 bits per heavy atom. The predicted molar refractivity (Wildman–Crippen MR) is 116 cm³/mol. The molecule has 4 amide bonds. The molecule has 2 fully saturated rings. The second-order valence-electron chi connectivity index (χ2n) is 9.03. The number of primary amides is 1. The van der Waals surface area contributed by atoms with Gasteiger partial charge in [-0.05, 0) is 24.4 Å². The number of hydrogen-bond donors (Lipinski definition) is 3. The zero-order valence-corrected chi connectivity index (χ0v) is 18.9. The number of nitrogens with one attached hydrogen (secondary N) is 2. The van der Waals surface area contributed by atoms with E-state index in [-0.39, 0.29) is 24.9 Å². The summed E-state index contributed by atoms with van der Waals surface area (Å²) < 4.78 is 5.44. The van der Waals surface area contributed by atoms with Gasteiger partial charge in [0.2, 0.25) is 17.7 Å². The standard InChI is InChI=1S/C21H30N4O5Si/c1-31(2)12-17(25(13-31)21(29)30-11-14-6-4-3-5-7-14)20(28)24-16(18(22)26)10-15-8-9-23-19(15)27/h3-7,15-17H,8-13H2,1-2H3,(H2,22,26)(H,23,27)(H,24,28)/t15-,16-,17-/m0/s1. The molecule has 2 heterocycles. The van der Waals surface area contributed by atoms with Gasteiger partial charge in [-0.1, -0.05) is 43.4 Å². The summed E-state index contributed by atoms with van der Waals surface area (Å²) >= 11 is 0. The molecule has 0 bridgehead atoms. The molecule has 4 N–H and O–H groups in total. The third kappa shape index (κ3) is 5.84. The first-order valence-corrected chi connectivity index (χ1v) is 13.9. The highest BCUT2D eigenvalue weighted by molar-refractivity contribution is 6.79. The monoisotopic (exact) mass is 446 g/mol. The van der Waals surface area contributed by atoms with E-state index < -0.39 is 38.1 Å². The van der Waals surface area contributed by atoms with Crippen molar-refractivity contribution in [3.63, 3.8) is 0 Å². The summed E-state index contributed by atoms with van der Waals surface area (Å²) in [6.45, 7) is 4.87. The minimum absolute atomic E-state index is 0.118. The smallest absolute Gasteiger partial charge is 0.410 e. The summed E-state index contributed by atoms with van der Waals surface area (Å²) in [5.74, 6) is -1.63. The Bertz CT molecular complexity index is 847. The van der Waals surface area contributed by atoms with Crippen LogP contribution in [0.25, 0.3) is 0 Å². The van der Waals surface area contributed by atoms with Crippen molar-refractivity contribution in [2.24, 2.45) is 11.7 Å². The Kier molecular flexibility index (Phi) is 6.99. The van der Waals surface area contributed by atoms with Gasteiger partial charge in [0.05, 0.1) is 8.07 Å². The third-order valence-electron chi connectivity index (χ3n) is 5.81. The van der Waals surface area contributed by atoms with Crippen LogP contribution in [0.5, 0.6) is 0 Å². The van der Waals surface area contributed by atoms with Gasteiger partial charge < -0.3 is 21.1 Å². The molecule has 2 saturated heterocycles. The molecule has 3 atom stereocenters. The van der Waals surface area contributed by atoms with E-state index in [1.165, 1.54) is 4.90 Å². The maximum absolute atomic E-state index is 13.0. The summed E-state index contributed by atoms with van der Waals surface area (Å²) in [6, 6.07) is 8.20. The Labute approximate surface area is 182 Å². The SMILES string of the molecule is C[Si]1(C)C[C@@H](C(=O)N[C@@H](C[C@@H]2CCNC2=O)C(N)=O)N(C(=O)OCc2ccccc2)C1. The normalized spacial score (nSPS) is 23.2. The number of benzene rings is 1. The van der Waals surface area contributed by atoms with Gasteiger partial charge in [-0.2, -0.15) is 0 Å². The lowest BCUT2D eigenvalue weighted by atomic mass is 9.97. The largest absolute Gasteiger partial charge is 0.445 e. The Hall–Kier alpha value is -2.88. The van der Waals surface area contributed by atoms with E-state index in [4.69, 9.17) is 10.5 Å². The lowest BCUT2D eigenvalue weighted by molar-refractivity contribution is -0.131. The van der Waals surface area contributed by atoms with Crippen LogP contribution < -0.4 is 16.4 Å². The van der Waals surface area contributed by atoms with E-state index >= 15 is 0 Å². The Morgan fingerprint density at radius 1 is 1.29 bits per heavy atom. The van der Waals surface area contributed by atoms with Crippen molar-refractivity contribution in [2.75, 3.05) is 12.7 Å². The van der Waals surface area contributed by atoms with Gasteiger partial charge in [0.25, 0.3) is 0 Å². The van der Waals surface area contributed by atoms with E-state index in [0.717, 1.165) is 5.56 Å². The van der Waals surface area contributed by atoms with Crippen LogP contribution in [0.1, 0.15) is 18.4 Å². The molecule has 2 aliphatic heterocycles. The molecular formula is C21H30N4O5Si. The Morgan fingerprint density at radius 3 is 2.61 bits per heavy atom. The van der Waals surface area contributed by atoms with Crippen LogP contribution in [0.4, 0.5) is 4.79 Å². The van der Waals surface area contributed by atoms with Gasteiger partial charge in [-0.25, -0.2) is 4.79 Å². The number of hydrogen-bond acceptors (Lipinski definition) is 5. The van der Waals surface area contributed by atoms with Crippen LogP contribution in [-0.4, -0.2) is 61.6 Å². The number of amides is 4. The van der Waals surface area contributed by atoms with Crippen LogP contribution >= 0.6 is 0 Å². The van der Waals surface area contributed by atoms with E-state index in [9.17, 15) is 19.2 Å². The number of nitrogens with zero attached hydrogens (tertiary/aromatic N) is 1. The molecule has 0 spiro atoms. The quantitative estimate of drug-likeness (QED) is 0.532. The second kappa shape index (κ2) is 9.50. The summed E-state index contributed by atoms with van der Waals surface area (Å²) in [6.07, 6.45) is 0.691. The molecular weight excluding hydrogens is 416 g/mol. The summed E-state index contributed by atoms with van der Waals surface area (Å²) in [7, 11) is -1.84. The highest BCUT2D eigenvalue weighted by Gasteiger charge is 2.46.